The highest BCUT2D eigenvalue weighted by atomic mass is 19.1. The molecule has 1 atom stereocenters. The summed E-state index contributed by atoms with van der Waals surface area (Å²) in [6.07, 6.45) is 2.20. The minimum atomic E-state index is -0.216. The molecule has 1 heterocycles. The Morgan fingerprint density at radius 2 is 1.74 bits per heavy atom. The van der Waals surface area contributed by atoms with Crippen LogP contribution in [-0.2, 0) is 6.54 Å². The highest BCUT2D eigenvalue weighted by Gasteiger charge is 2.23. The second-order valence-electron chi connectivity index (χ2n) is 6.72. The predicted molar refractivity (Wildman–Crippen MR) is 104 cm³/mol. The van der Waals surface area contributed by atoms with E-state index in [-0.39, 0.29) is 5.82 Å². The number of hydrogen-bond acceptors (Lipinski definition) is 5. The summed E-state index contributed by atoms with van der Waals surface area (Å²) in [5.74, 6) is 1.78. The normalized spacial score (nSPS) is 17.4. The van der Waals surface area contributed by atoms with Gasteiger partial charge in [0.05, 0.1) is 21.3 Å². The number of nitrogens with zero attached hydrogens (tertiary/aromatic N) is 1. The van der Waals surface area contributed by atoms with Crippen molar-refractivity contribution in [1.29, 1.82) is 0 Å². The van der Waals surface area contributed by atoms with Crippen molar-refractivity contribution in [2.75, 3.05) is 39.7 Å². The number of rotatable bonds is 7. The SMILES string of the molecule is COc1ccc(CN2CCC[C@@H](Nc3ccc(F)cc3)C2)c(OC)c1OC. The Labute approximate surface area is 160 Å². The van der Waals surface area contributed by atoms with Gasteiger partial charge >= 0.3 is 0 Å². The fourth-order valence-corrected chi connectivity index (χ4v) is 3.63. The van der Waals surface area contributed by atoms with Gasteiger partial charge in [0.25, 0.3) is 0 Å². The van der Waals surface area contributed by atoms with Crippen LogP contribution in [0.1, 0.15) is 18.4 Å². The first-order valence-corrected chi connectivity index (χ1v) is 9.17. The zero-order valence-corrected chi connectivity index (χ0v) is 16.1. The topological polar surface area (TPSA) is 43.0 Å². The molecule has 2 aromatic carbocycles. The average molecular weight is 374 g/mol. The summed E-state index contributed by atoms with van der Waals surface area (Å²) >= 11 is 0. The summed E-state index contributed by atoms with van der Waals surface area (Å²) in [5.41, 5.74) is 2.02. The van der Waals surface area contributed by atoms with E-state index in [9.17, 15) is 4.39 Å². The summed E-state index contributed by atoms with van der Waals surface area (Å²) in [4.78, 5) is 2.40. The second-order valence-corrected chi connectivity index (χ2v) is 6.72. The second kappa shape index (κ2) is 8.95. The third-order valence-electron chi connectivity index (χ3n) is 4.90. The highest BCUT2D eigenvalue weighted by Crippen LogP contribution is 2.40. The molecule has 2 aromatic rings. The molecule has 0 bridgehead atoms. The van der Waals surface area contributed by atoms with E-state index in [4.69, 9.17) is 14.2 Å². The maximum Gasteiger partial charge on any atom is 0.203 e. The molecule has 5 nitrogen and oxygen atoms in total. The standard InChI is InChI=1S/C21H27FN2O3/c1-25-19-11-6-15(20(26-2)21(19)27-3)13-24-12-4-5-18(14-24)23-17-9-7-16(22)8-10-17/h6-11,18,23H,4-5,12-14H2,1-3H3/t18-/m1/s1. The number of piperidine rings is 1. The molecular formula is C21H27FN2O3. The first kappa shape index (κ1) is 19.3. The monoisotopic (exact) mass is 374 g/mol. The molecule has 27 heavy (non-hydrogen) atoms. The van der Waals surface area contributed by atoms with Crippen molar-refractivity contribution in [3.05, 3.63) is 47.8 Å². The molecule has 0 aliphatic carbocycles. The van der Waals surface area contributed by atoms with Gasteiger partial charge in [-0.15, -0.1) is 0 Å². The number of ether oxygens (including phenoxy) is 3. The van der Waals surface area contributed by atoms with Gasteiger partial charge in [0, 0.05) is 30.4 Å². The zero-order valence-electron chi connectivity index (χ0n) is 16.1. The Balaban J connectivity index is 1.69. The molecule has 0 aromatic heterocycles. The van der Waals surface area contributed by atoms with Gasteiger partial charge < -0.3 is 19.5 Å². The molecule has 0 spiro atoms. The number of halogens is 1. The maximum absolute atomic E-state index is 13.1. The van der Waals surface area contributed by atoms with Gasteiger partial charge in [0.1, 0.15) is 5.82 Å². The zero-order chi connectivity index (χ0) is 19.2. The lowest BCUT2D eigenvalue weighted by atomic mass is 10.0. The van der Waals surface area contributed by atoms with E-state index in [0.29, 0.717) is 23.3 Å². The van der Waals surface area contributed by atoms with Gasteiger partial charge in [0.2, 0.25) is 5.75 Å². The molecule has 6 heteroatoms. The van der Waals surface area contributed by atoms with Gasteiger partial charge in [0.15, 0.2) is 11.5 Å². The lowest BCUT2D eigenvalue weighted by molar-refractivity contribution is 0.205. The molecule has 1 aliphatic heterocycles. The van der Waals surface area contributed by atoms with Gasteiger partial charge in [-0.05, 0) is 49.7 Å². The van der Waals surface area contributed by atoms with Crippen molar-refractivity contribution in [2.45, 2.75) is 25.4 Å². The number of likely N-dealkylation sites (tertiary alicyclic amines) is 1. The summed E-state index contributed by atoms with van der Waals surface area (Å²) < 4.78 is 29.5. The molecule has 1 N–H and O–H groups in total. The van der Waals surface area contributed by atoms with Crippen molar-refractivity contribution < 1.29 is 18.6 Å². The van der Waals surface area contributed by atoms with Gasteiger partial charge in [-0.2, -0.15) is 0 Å². The van der Waals surface area contributed by atoms with Crippen LogP contribution in [0.5, 0.6) is 17.2 Å². The van der Waals surface area contributed by atoms with Crippen molar-refractivity contribution in [1.82, 2.24) is 4.90 Å². The molecule has 1 saturated heterocycles. The van der Waals surface area contributed by atoms with Gasteiger partial charge in [-0.3, -0.25) is 4.90 Å². The first-order valence-electron chi connectivity index (χ1n) is 9.17. The van der Waals surface area contributed by atoms with Crippen LogP contribution in [0.3, 0.4) is 0 Å². The largest absolute Gasteiger partial charge is 0.493 e. The van der Waals surface area contributed by atoms with E-state index in [1.54, 1.807) is 33.5 Å². The Hall–Kier alpha value is -2.47. The molecule has 0 unspecified atom stereocenters. The Kier molecular flexibility index (Phi) is 6.40. The van der Waals surface area contributed by atoms with Crippen LogP contribution in [-0.4, -0.2) is 45.4 Å². The smallest absolute Gasteiger partial charge is 0.203 e. The van der Waals surface area contributed by atoms with E-state index < -0.39 is 0 Å². The van der Waals surface area contributed by atoms with Crippen molar-refractivity contribution in [3.63, 3.8) is 0 Å². The highest BCUT2D eigenvalue weighted by molar-refractivity contribution is 5.55. The lowest BCUT2D eigenvalue weighted by Crippen LogP contribution is -2.41. The average Bonchev–Trinajstić information content (AvgIpc) is 2.69. The maximum atomic E-state index is 13.1. The lowest BCUT2D eigenvalue weighted by Gasteiger charge is -2.34. The quantitative estimate of drug-likeness (QED) is 0.796. The minimum Gasteiger partial charge on any atom is -0.493 e. The number of anilines is 1. The van der Waals surface area contributed by atoms with Crippen LogP contribution < -0.4 is 19.5 Å². The molecule has 3 rings (SSSR count). The minimum absolute atomic E-state index is 0.216. The van der Waals surface area contributed by atoms with E-state index in [1.165, 1.54) is 12.1 Å². The molecule has 1 fully saturated rings. The third-order valence-corrected chi connectivity index (χ3v) is 4.90. The van der Waals surface area contributed by atoms with Crippen LogP contribution in [0.25, 0.3) is 0 Å². The van der Waals surface area contributed by atoms with Crippen LogP contribution >= 0.6 is 0 Å². The van der Waals surface area contributed by atoms with Gasteiger partial charge in [-0.1, -0.05) is 6.07 Å². The fraction of sp³-hybridized carbons (Fsp3) is 0.429. The Bertz CT molecular complexity index is 752. The molecule has 0 saturated carbocycles. The number of benzene rings is 2. The van der Waals surface area contributed by atoms with Gasteiger partial charge in [-0.25, -0.2) is 4.39 Å². The first-order chi connectivity index (χ1) is 13.1. The van der Waals surface area contributed by atoms with Crippen LogP contribution in [0.15, 0.2) is 36.4 Å². The number of hydrogen-bond donors (Lipinski definition) is 1. The third kappa shape index (κ3) is 4.63. The number of methoxy groups -OCH3 is 3. The van der Waals surface area contributed by atoms with Crippen molar-refractivity contribution in [3.8, 4) is 17.2 Å². The summed E-state index contributed by atoms with van der Waals surface area (Å²) in [6.45, 7) is 2.71. The van der Waals surface area contributed by atoms with E-state index >= 15 is 0 Å². The van der Waals surface area contributed by atoms with E-state index in [2.05, 4.69) is 10.2 Å². The summed E-state index contributed by atoms with van der Waals surface area (Å²) in [6, 6.07) is 10.8. The van der Waals surface area contributed by atoms with Crippen molar-refractivity contribution in [2.24, 2.45) is 0 Å². The molecule has 146 valence electrons. The fourth-order valence-electron chi connectivity index (χ4n) is 3.63. The van der Waals surface area contributed by atoms with Crippen LogP contribution in [0.2, 0.25) is 0 Å². The molecular weight excluding hydrogens is 347 g/mol. The van der Waals surface area contributed by atoms with Crippen LogP contribution in [0, 0.1) is 5.82 Å². The summed E-state index contributed by atoms with van der Waals surface area (Å²) in [5, 5.41) is 3.51. The van der Waals surface area contributed by atoms with E-state index in [1.807, 2.05) is 12.1 Å². The van der Waals surface area contributed by atoms with Crippen molar-refractivity contribution >= 4 is 5.69 Å². The predicted octanol–water partition coefficient (Wildman–Crippen LogP) is 3.93. The summed E-state index contributed by atoms with van der Waals surface area (Å²) in [7, 11) is 4.89. The Morgan fingerprint density at radius 3 is 2.41 bits per heavy atom. The molecule has 0 amide bonds. The number of nitrogens with one attached hydrogen (secondary N) is 1. The van der Waals surface area contributed by atoms with Crippen LogP contribution in [0.4, 0.5) is 10.1 Å². The van der Waals surface area contributed by atoms with E-state index in [0.717, 1.165) is 43.7 Å². The Morgan fingerprint density at radius 1 is 1.00 bits per heavy atom. The molecule has 0 radical (unpaired) electrons. The molecule has 1 aliphatic rings.